The van der Waals surface area contributed by atoms with Crippen LogP contribution in [0.2, 0.25) is 0 Å². The summed E-state index contributed by atoms with van der Waals surface area (Å²) in [7, 11) is 1.37. The van der Waals surface area contributed by atoms with E-state index in [1.165, 1.54) is 7.11 Å². The van der Waals surface area contributed by atoms with E-state index in [1.54, 1.807) is 13.8 Å². The van der Waals surface area contributed by atoms with Crippen molar-refractivity contribution in [2.24, 2.45) is 0 Å². The highest BCUT2D eigenvalue weighted by molar-refractivity contribution is 6.30. The minimum Gasteiger partial charge on any atom is -0.492 e. The second-order valence-corrected chi connectivity index (χ2v) is 3.32. The first kappa shape index (κ1) is 11.0. The van der Waals surface area contributed by atoms with Crippen molar-refractivity contribution in [1.82, 2.24) is 0 Å². The Hall–Kier alpha value is -1.09. The Morgan fingerprint density at radius 3 is 2.14 bits per heavy atom. The molecule has 0 unspecified atom stereocenters. The molecule has 0 aromatic heterocycles. The van der Waals surface area contributed by atoms with Gasteiger partial charge in [-0.3, -0.25) is 9.59 Å². The van der Waals surface area contributed by atoms with Crippen LogP contribution in [-0.4, -0.2) is 24.6 Å². The second kappa shape index (κ2) is 3.96. The lowest BCUT2D eigenvalue weighted by Crippen LogP contribution is -2.23. The average molecular weight is 215 g/mol. The number of ether oxygens (including phenoxy) is 1. The SMILES string of the molecule is COC1=C(C)C(=O)C(C)=C(CCl)C1=O. The summed E-state index contributed by atoms with van der Waals surface area (Å²) < 4.78 is 4.88. The number of halogens is 1. The number of alkyl halides is 1. The number of carbonyl (C=O) groups is 2. The molecule has 0 aromatic rings. The van der Waals surface area contributed by atoms with Crippen LogP contribution in [0.15, 0.2) is 22.5 Å². The van der Waals surface area contributed by atoms with Crippen molar-refractivity contribution >= 4 is 23.2 Å². The van der Waals surface area contributed by atoms with Gasteiger partial charge in [0, 0.05) is 16.7 Å². The Morgan fingerprint density at radius 2 is 1.71 bits per heavy atom. The number of ketones is 2. The fourth-order valence-corrected chi connectivity index (χ4v) is 1.73. The minimum atomic E-state index is -0.280. The molecule has 0 amide bonds. The molecule has 4 heteroatoms. The summed E-state index contributed by atoms with van der Waals surface area (Å²) in [6.45, 7) is 3.18. The highest BCUT2D eigenvalue weighted by Gasteiger charge is 2.30. The first-order valence-electron chi connectivity index (χ1n) is 4.14. The first-order valence-corrected chi connectivity index (χ1v) is 4.68. The zero-order valence-electron chi connectivity index (χ0n) is 8.31. The van der Waals surface area contributed by atoms with Gasteiger partial charge in [0.2, 0.25) is 5.78 Å². The van der Waals surface area contributed by atoms with Gasteiger partial charge in [-0.05, 0) is 13.8 Å². The number of Topliss-reactive ketones (excluding diaryl/α,β-unsaturated/α-hetero) is 2. The van der Waals surface area contributed by atoms with E-state index in [0.717, 1.165) is 0 Å². The molecule has 0 aromatic carbocycles. The van der Waals surface area contributed by atoms with Crippen LogP contribution < -0.4 is 0 Å². The largest absolute Gasteiger partial charge is 0.492 e. The second-order valence-electron chi connectivity index (χ2n) is 3.05. The van der Waals surface area contributed by atoms with Gasteiger partial charge < -0.3 is 4.74 Å². The molecule has 0 bridgehead atoms. The minimum absolute atomic E-state index is 0.0382. The molecule has 0 N–H and O–H groups in total. The van der Waals surface area contributed by atoms with Gasteiger partial charge in [-0.2, -0.15) is 0 Å². The maximum Gasteiger partial charge on any atom is 0.225 e. The van der Waals surface area contributed by atoms with E-state index in [9.17, 15) is 9.59 Å². The summed E-state index contributed by atoms with van der Waals surface area (Å²) >= 11 is 5.60. The van der Waals surface area contributed by atoms with Crippen molar-refractivity contribution in [2.45, 2.75) is 13.8 Å². The number of allylic oxidation sites excluding steroid dienone is 3. The molecule has 0 saturated carbocycles. The molecule has 0 heterocycles. The lowest BCUT2D eigenvalue weighted by molar-refractivity contribution is -0.118. The standard InChI is InChI=1S/C10H11ClO3/c1-5-7(4-11)9(13)10(14-3)6(2)8(5)12/h4H2,1-3H3. The fraction of sp³-hybridized carbons (Fsp3) is 0.400. The average Bonchev–Trinajstić information content (AvgIpc) is 2.16. The highest BCUT2D eigenvalue weighted by atomic mass is 35.5. The fourth-order valence-electron chi connectivity index (χ4n) is 1.41. The van der Waals surface area contributed by atoms with Crippen molar-refractivity contribution in [3.05, 3.63) is 22.5 Å². The third kappa shape index (κ3) is 1.48. The maximum atomic E-state index is 11.7. The third-order valence-electron chi connectivity index (χ3n) is 2.29. The normalized spacial score (nSPS) is 18.0. The zero-order chi connectivity index (χ0) is 10.9. The van der Waals surface area contributed by atoms with Crippen molar-refractivity contribution in [3.8, 4) is 0 Å². The molecule has 1 rings (SSSR count). The molecule has 0 atom stereocenters. The predicted octanol–water partition coefficient (Wildman–Crippen LogP) is 1.61. The van der Waals surface area contributed by atoms with Crippen LogP contribution >= 0.6 is 11.6 Å². The molecular weight excluding hydrogens is 204 g/mol. The molecule has 76 valence electrons. The summed E-state index contributed by atoms with van der Waals surface area (Å²) in [6, 6.07) is 0. The molecule has 3 nitrogen and oxygen atoms in total. The van der Waals surface area contributed by atoms with Crippen LogP contribution in [0, 0.1) is 0 Å². The van der Waals surface area contributed by atoms with E-state index in [0.29, 0.717) is 16.7 Å². The number of carbonyl (C=O) groups excluding carboxylic acids is 2. The van der Waals surface area contributed by atoms with Crippen molar-refractivity contribution < 1.29 is 14.3 Å². The van der Waals surface area contributed by atoms with Gasteiger partial charge in [0.25, 0.3) is 0 Å². The zero-order valence-corrected chi connectivity index (χ0v) is 9.07. The molecule has 0 radical (unpaired) electrons. The van der Waals surface area contributed by atoms with Crippen LogP contribution in [-0.2, 0) is 14.3 Å². The van der Waals surface area contributed by atoms with E-state index < -0.39 is 0 Å². The molecule has 14 heavy (non-hydrogen) atoms. The molecule has 1 aliphatic carbocycles. The highest BCUT2D eigenvalue weighted by Crippen LogP contribution is 2.25. The third-order valence-corrected chi connectivity index (χ3v) is 2.56. The van der Waals surface area contributed by atoms with E-state index in [1.807, 2.05) is 0 Å². The molecule has 0 fully saturated rings. The topological polar surface area (TPSA) is 43.4 Å². The van der Waals surface area contributed by atoms with Crippen LogP contribution in [0.25, 0.3) is 0 Å². The summed E-state index contributed by atoms with van der Waals surface area (Å²) in [5.41, 5.74) is 1.10. The van der Waals surface area contributed by atoms with Gasteiger partial charge in [-0.15, -0.1) is 11.6 Å². The smallest absolute Gasteiger partial charge is 0.225 e. The van der Waals surface area contributed by atoms with Crippen LogP contribution in [0.4, 0.5) is 0 Å². The monoisotopic (exact) mass is 214 g/mol. The molecule has 1 aliphatic rings. The quantitative estimate of drug-likeness (QED) is 0.518. The lowest BCUT2D eigenvalue weighted by atomic mass is 9.90. The van der Waals surface area contributed by atoms with E-state index >= 15 is 0 Å². The summed E-state index contributed by atoms with van der Waals surface area (Å²) in [5, 5.41) is 0. The predicted molar refractivity (Wildman–Crippen MR) is 53.1 cm³/mol. The Bertz CT molecular complexity index is 332. The molecule has 0 aliphatic heterocycles. The van der Waals surface area contributed by atoms with Gasteiger partial charge in [0.15, 0.2) is 11.5 Å². The van der Waals surface area contributed by atoms with Crippen LogP contribution in [0.1, 0.15) is 13.8 Å². The van der Waals surface area contributed by atoms with Crippen LogP contribution in [0.3, 0.4) is 0 Å². The number of rotatable bonds is 2. The molecular formula is C10H11ClO3. The van der Waals surface area contributed by atoms with E-state index in [4.69, 9.17) is 16.3 Å². The van der Waals surface area contributed by atoms with Crippen molar-refractivity contribution in [2.75, 3.05) is 13.0 Å². The molecule has 0 spiro atoms. The summed E-state index contributed by atoms with van der Waals surface area (Å²) in [5.74, 6) is -0.304. The van der Waals surface area contributed by atoms with E-state index in [-0.39, 0.29) is 23.2 Å². The number of hydrogen-bond donors (Lipinski definition) is 0. The van der Waals surface area contributed by atoms with Gasteiger partial charge in [0.1, 0.15) is 0 Å². The van der Waals surface area contributed by atoms with Crippen LogP contribution in [0.5, 0.6) is 0 Å². The number of hydrogen-bond acceptors (Lipinski definition) is 3. The summed E-state index contributed by atoms with van der Waals surface area (Å²) in [6.07, 6.45) is 0. The van der Waals surface area contributed by atoms with Crippen molar-refractivity contribution in [3.63, 3.8) is 0 Å². The first-order chi connectivity index (χ1) is 6.54. The maximum absolute atomic E-state index is 11.7. The summed E-state index contributed by atoms with van der Waals surface area (Å²) in [4.78, 5) is 23.3. The van der Waals surface area contributed by atoms with Gasteiger partial charge in [0.05, 0.1) is 13.0 Å². The Kier molecular flexibility index (Phi) is 3.11. The van der Waals surface area contributed by atoms with Gasteiger partial charge in [-0.25, -0.2) is 0 Å². The Balaban J connectivity index is 3.29. The van der Waals surface area contributed by atoms with Gasteiger partial charge in [-0.1, -0.05) is 0 Å². The van der Waals surface area contributed by atoms with Gasteiger partial charge >= 0.3 is 0 Å². The Labute approximate surface area is 87.4 Å². The number of methoxy groups -OCH3 is 1. The Morgan fingerprint density at radius 1 is 1.14 bits per heavy atom. The van der Waals surface area contributed by atoms with E-state index in [2.05, 4.69) is 0 Å². The molecule has 0 saturated heterocycles. The lowest BCUT2D eigenvalue weighted by Gasteiger charge is -2.17. The van der Waals surface area contributed by atoms with Crippen molar-refractivity contribution in [1.29, 1.82) is 0 Å².